The van der Waals surface area contributed by atoms with E-state index in [1.165, 1.54) is 30.5 Å². The summed E-state index contributed by atoms with van der Waals surface area (Å²) in [7, 11) is 0. The molecule has 3 aromatic rings. The van der Waals surface area contributed by atoms with Crippen LogP contribution in [0.4, 0.5) is 16.4 Å². The maximum Gasteiger partial charge on any atom is 0.327 e. The molecule has 32 heteroatoms. The molecule has 0 saturated carbocycles. The number of nitrogen functional groups attached to an aromatic ring is 1. The topological polar surface area (TPSA) is 526 Å². The Hall–Kier alpha value is -9.96. The van der Waals surface area contributed by atoms with Crippen LogP contribution in [0.5, 0.6) is 0 Å². The third-order valence-electron chi connectivity index (χ3n) is 9.96. The number of hydrogen-bond donors (Lipinski definition) is 16. The number of carbonyl (C=O) groups excluding carboxylic acids is 7. The summed E-state index contributed by atoms with van der Waals surface area (Å²) in [5, 5.41) is 65.2. The lowest BCUT2D eigenvalue weighted by Gasteiger charge is -2.26. The highest BCUT2D eigenvalue weighted by molar-refractivity contribution is 5.99. The molecule has 32 nitrogen and oxygen atoms in total. The predicted octanol–water partition coefficient (Wildman–Crippen LogP) is -4.72. The van der Waals surface area contributed by atoms with Crippen LogP contribution >= 0.6 is 0 Å². The molecule has 0 bridgehead atoms. The van der Waals surface area contributed by atoms with E-state index in [-0.39, 0.29) is 42.2 Å². The molecule has 0 saturated heterocycles. The summed E-state index contributed by atoms with van der Waals surface area (Å²) in [6, 6.07) is -6.85. The second-order valence-corrected chi connectivity index (χ2v) is 15.7. The van der Waals surface area contributed by atoms with Gasteiger partial charge < -0.3 is 79.5 Å². The molecule has 0 radical (unpaired) electrons. The number of nitrogens with one attached hydrogen (secondary N) is 9. The summed E-state index contributed by atoms with van der Waals surface area (Å²) in [5.74, 6) is -14.0. The molecule has 8 amide bonds. The molecule has 396 valence electrons. The number of carboxylic acid groups (broad SMARTS) is 5. The van der Waals surface area contributed by atoms with Crippen LogP contribution in [0, 0.1) is 12.3 Å². The Morgan fingerprint density at radius 2 is 1.18 bits per heavy atom. The Morgan fingerprint density at radius 3 is 1.69 bits per heavy atom. The second-order valence-electron chi connectivity index (χ2n) is 15.7. The Labute approximate surface area is 415 Å². The number of amides is 8. The van der Waals surface area contributed by atoms with Gasteiger partial charge in [-0.1, -0.05) is 0 Å². The van der Waals surface area contributed by atoms with Gasteiger partial charge >= 0.3 is 35.9 Å². The van der Waals surface area contributed by atoms with E-state index in [1.807, 2.05) is 21.9 Å². The Morgan fingerprint density at radius 1 is 0.662 bits per heavy atom. The Bertz CT molecular complexity index is 2750. The fraction of sp³-hybridized carbons (Fsp3) is 0.381. The van der Waals surface area contributed by atoms with Crippen molar-refractivity contribution in [3.05, 3.63) is 52.1 Å². The second kappa shape index (κ2) is 28.0. The predicted molar refractivity (Wildman–Crippen MR) is 249 cm³/mol. The van der Waals surface area contributed by atoms with Crippen molar-refractivity contribution in [1.82, 2.24) is 57.2 Å². The van der Waals surface area contributed by atoms with Crippen molar-refractivity contribution in [2.75, 3.05) is 17.6 Å². The van der Waals surface area contributed by atoms with Crippen molar-refractivity contribution in [3.63, 3.8) is 0 Å². The summed E-state index contributed by atoms with van der Waals surface area (Å²) < 4.78 is 0. The zero-order valence-corrected chi connectivity index (χ0v) is 38.5. The molecule has 18 N–H and O–H groups in total. The van der Waals surface area contributed by atoms with E-state index in [0.29, 0.717) is 11.4 Å². The van der Waals surface area contributed by atoms with Crippen molar-refractivity contribution in [3.8, 4) is 12.3 Å². The normalized spacial score (nSPS) is 13.1. The van der Waals surface area contributed by atoms with Crippen LogP contribution in [0.15, 0.2) is 35.3 Å². The van der Waals surface area contributed by atoms with Gasteiger partial charge in [0.05, 0.1) is 37.7 Å². The van der Waals surface area contributed by atoms with Crippen LogP contribution < -0.4 is 59.6 Å². The van der Waals surface area contributed by atoms with Gasteiger partial charge in [0.15, 0.2) is 11.2 Å². The van der Waals surface area contributed by atoms with Gasteiger partial charge in [0.2, 0.25) is 35.5 Å². The number of carboxylic acids is 5. The first kappa shape index (κ1) is 58.4. The molecule has 6 atom stereocenters. The number of hydrogen-bond acceptors (Lipinski definition) is 18. The number of terminal acetylenes is 1. The van der Waals surface area contributed by atoms with Gasteiger partial charge in [0, 0.05) is 30.6 Å². The molecular formula is C42H50N14O18. The average molecular weight is 1040 g/mol. The number of H-pyrrole nitrogens is 1. The third-order valence-corrected chi connectivity index (χ3v) is 9.96. The minimum atomic E-state index is -2.14. The third kappa shape index (κ3) is 19.4. The van der Waals surface area contributed by atoms with E-state index in [1.54, 1.807) is 0 Å². The molecule has 0 spiro atoms. The number of benzene rings is 1. The molecule has 3 rings (SSSR count). The van der Waals surface area contributed by atoms with Gasteiger partial charge in [-0.25, -0.2) is 24.4 Å². The fourth-order valence-corrected chi connectivity index (χ4v) is 6.37. The maximum absolute atomic E-state index is 13.7. The van der Waals surface area contributed by atoms with Gasteiger partial charge in [-0.2, -0.15) is 4.98 Å². The van der Waals surface area contributed by atoms with Crippen molar-refractivity contribution in [1.29, 1.82) is 0 Å². The number of fused-ring (bicyclic) bond motifs is 1. The number of nitrogens with zero attached hydrogens (tertiary/aromatic N) is 3. The molecular weight excluding hydrogens is 989 g/mol. The summed E-state index contributed by atoms with van der Waals surface area (Å²) in [6.07, 6.45) is 0.394. The maximum atomic E-state index is 13.7. The minimum Gasteiger partial charge on any atom is -0.481 e. The first-order valence-electron chi connectivity index (χ1n) is 21.6. The molecule has 0 aliphatic rings. The Balaban J connectivity index is 1.71. The average Bonchev–Trinajstić information content (AvgIpc) is 3.31. The van der Waals surface area contributed by atoms with Gasteiger partial charge in [-0.05, 0) is 43.5 Å². The van der Waals surface area contributed by atoms with E-state index in [0.717, 1.165) is 0 Å². The lowest BCUT2D eigenvalue weighted by atomic mass is 10.1. The number of anilines is 2. The van der Waals surface area contributed by atoms with Crippen LogP contribution in [0.1, 0.15) is 67.4 Å². The monoisotopic (exact) mass is 1040 g/mol. The molecule has 1 aromatic carbocycles. The largest absolute Gasteiger partial charge is 0.481 e. The quantitative estimate of drug-likeness (QED) is 0.0220. The minimum absolute atomic E-state index is 0.0125. The van der Waals surface area contributed by atoms with Crippen molar-refractivity contribution in [2.45, 2.75) is 94.2 Å². The summed E-state index contributed by atoms with van der Waals surface area (Å²) in [4.78, 5) is 176. The number of aromatic amines is 1. The highest BCUT2D eigenvalue weighted by Crippen LogP contribution is 2.13. The van der Waals surface area contributed by atoms with E-state index in [2.05, 4.69) is 46.5 Å². The number of aliphatic carboxylic acids is 5. The van der Waals surface area contributed by atoms with Crippen LogP contribution in [0.3, 0.4) is 0 Å². The van der Waals surface area contributed by atoms with Gasteiger partial charge in [-0.3, -0.25) is 52.9 Å². The molecule has 0 aliphatic carbocycles. The van der Waals surface area contributed by atoms with Crippen molar-refractivity contribution >= 4 is 94.1 Å². The smallest absolute Gasteiger partial charge is 0.327 e. The number of nitrogens with two attached hydrogens (primary N) is 2. The lowest BCUT2D eigenvalue weighted by Crippen LogP contribution is -2.59. The Kier molecular flexibility index (Phi) is 22.1. The van der Waals surface area contributed by atoms with Crippen LogP contribution in [0.25, 0.3) is 11.2 Å². The number of primary amides is 1. The molecule has 0 fully saturated rings. The SMILES string of the molecule is C#CC[C@H](NC(=O)[C@H](CC(=O)O)NC(=O)[C@H](CC(=O)O)NC(=O)[C@H](CCCNC(N)=O)NC(=O)[C@H](CC(=O)O)NC(=O)CC[C@H](NC(=O)c1ccc(NCc2cnc3nc(N)[nH]c(=O)c3n2)cc1)C(=O)O)C(=O)O. The molecule has 0 aliphatic heterocycles. The zero-order chi connectivity index (χ0) is 55.2. The van der Waals surface area contributed by atoms with E-state index < -0.39 is 158 Å². The number of aromatic nitrogens is 4. The zero-order valence-electron chi connectivity index (χ0n) is 38.5. The first-order chi connectivity index (χ1) is 34.9. The van der Waals surface area contributed by atoms with Crippen molar-refractivity contribution in [2.24, 2.45) is 5.73 Å². The molecule has 2 heterocycles. The molecule has 0 unspecified atom stereocenters. The molecule has 74 heavy (non-hydrogen) atoms. The summed E-state index contributed by atoms with van der Waals surface area (Å²) in [5.41, 5.74) is 10.8. The standard InChI is InChI=1S/C42H50N14O18/c1-2-4-22(39(70)71)52-36(67)25(14-29(60)61)54-37(68)26(15-30(62)63)53-34(65)21(5-3-12-45-42(44)74)50-35(66)24(13-28(58)59)49-27(57)11-10-23(40(72)73)51-33(64)18-6-8-19(9-7-18)46-16-20-17-47-32-31(48-20)38(69)56-41(43)55-32/h1,6-9,17,21-26,46H,3-5,10-16H2,(H,49,57)(H,50,66)(H,51,64)(H,52,67)(H,53,65)(H,54,68)(H,58,59)(H,60,61)(H,62,63)(H,70,71)(H,72,73)(H3,44,45,74)(H3,43,47,55,56,69)/t21-,22-,23-,24-,25-,26-/m0/s1. The highest BCUT2D eigenvalue weighted by atomic mass is 16.4. The highest BCUT2D eigenvalue weighted by Gasteiger charge is 2.35. The number of urea groups is 1. The lowest BCUT2D eigenvalue weighted by molar-refractivity contribution is -0.145. The summed E-state index contributed by atoms with van der Waals surface area (Å²) in [6.45, 7) is -0.157. The van der Waals surface area contributed by atoms with Gasteiger partial charge in [0.1, 0.15) is 36.3 Å². The number of carbonyl (C=O) groups is 12. The fourth-order valence-electron chi connectivity index (χ4n) is 6.37. The van der Waals surface area contributed by atoms with Crippen molar-refractivity contribution < 1.29 is 83.1 Å². The van der Waals surface area contributed by atoms with Gasteiger partial charge in [-0.15, -0.1) is 12.3 Å². The van der Waals surface area contributed by atoms with Crippen LogP contribution in [-0.2, 0) is 54.5 Å². The van der Waals surface area contributed by atoms with Crippen LogP contribution in [0.2, 0.25) is 0 Å². The van der Waals surface area contributed by atoms with E-state index in [4.69, 9.17) is 17.9 Å². The first-order valence-corrected chi connectivity index (χ1v) is 21.6. The van der Waals surface area contributed by atoms with Crippen LogP contribution in [-0.4, -0.2) is 160 Å². The van der Waals surface area contributed by atoms with E-state index in [9.17, 15) is 87.9 Å². The number of rotatable bonds is 30. The summed E-state index contributed by atoms with van der Waals surface area (Å²) >= 11 is 0. The van der Waals surface area contributed by atoms with Gasteiger partial charge in [0.25, 0.3) is 11.5 Å². The van der Waals surface area contributed by atoms with E-state index >= 15 is 0 Å². The molecule has 2 aromatic heterocycles.